The molecule has 0 radical (unpaired) electrons. The molecule has 36 heavy (non-hydrogen) atoms. The number of nitro groups is 1. The Labute approximate surface area is 207 Å². The lowest BCUT2D eigenvalue weighted by Crippen LogP contribution is -2.54. The van der Waals surface area contributed by atoms with E-state index < -0.39 is 22.4 Å². The van der Waals surface area contributed by atoms with Gasteiger partial charge >= 0.3 is 5.69 Å². The molecular formula is C26H25N5O5. The van der Waals surface area contributed by atoms with Crippen LogP contribution in [0.4, 0.5) is 11.4 Å². The summed E-state index contributed by atoms with van der Waals surface area (Å²) in [6, 6.07) is 16.3. The molecule has 2 saturated heterocycles. The summed E-state index contributed by atoms with van der Waals surface area (Å²) < 4.78 is 5.71. The molecule has 0 saturated carbocycles. The molecule has 2 aromatic carbocycles. The zero-order valence-electron chi connectivity index (χ0n) is 20.0. The third-order valence-electron chi connectivity index (χ3n) is 7.56. The first-order valence-electron chi connectivity index (χ1n) is 12.1. The molecule has 0 aliphatic carbocycles. The van der Waals surface area contributed by atoms with Gasteiger partial charge in [0.15, 0.2) is 11.2 Å². The summed E-state index contributed by atoms with van der Waals surface area (Å²) in [5.74, 6) is -1.35. The third kappa shape index (κ3) is 2.73. The van der Waals surface area contributed by atoms with Crippen LogP contribution in [0.15, 0.2) is 59.1 Å². The minimum Gasteiger partial charge on any atom is -0.353 e. The Hall–Kier alpha value is -4.05. The van der Waals surface area contributed by atoms with Crippen molar-refractivity contribution in [3.8, 4) is 0 Å². The maximum absolute atomic E-state index is 14.6. The highest BCUT2D eigenvalue weighted by Crippen LogP contribution is 2.64. The quantitative estimate of drug-likeness (QED) is 0.397. The summed E-state index contributed by atoms with van der Waals surface area (Å²) >= 11 is 0. The van der Waals surface area contributed by atoms with Crippen molar-refractivity contribution in [1.82, 2.24) is 15.2 Å². The summed E-state index contributed by atoms with van der Waals surface area (Å²) in [4.78, 5) is 41.6. The van der Waals surface area contributed by atoms with Crippen LogP contribution in [0.3, 0.4) is 0 Å². The van der Waals surface area contributed by atoms with Gasteiger partial charge in [0.25, 0.3) is 5.91 Å². The second-order valence-corrected chi connectivity index (χ2v) is 9.43. The predicted molar refractivity (Wildman–Crippen MR) is 129 cm³/mol. The molecule has 0 bridgehead atoms. The summed E-state index contributed by atoms with van der Waals surface area (Å²) in [5, 5.41) is 19.6. The first-order chi connectivity index (χ1) is 17.4. The van der Waals surface area contributed by atoms with E-state index in [0.29, 0.717) is 30.8 Å². The van der Waals surface area contributed by atoms with E-state index in [2.05, 4.69) is 5.16 Å². The average Bonchev–Trinajstić information content (AvgIpc) is 3.59. The molecule has 3 aromatic rings. The lowest BCUT2D eigenvalue weighted by molar-refractivity contribution is -0.386. The monoisotopic (exact) mass is 487 g/mol. The maximum Gasteiger partial charge on any atom is 0.334 e. The van der Waals surface area contributed by atoms with Crippen LogP contribution in [-0.4, -0.2) is 45.0 Å². The van der Waals surface area contributed by atoms with E-state index in [1.807, 2.05) is 66.5 Å². The first kappa shape index (κ1) is 22.4. The maximum atomic E-state index is 14.6. The fourth-order valence-corrected chi connectivity index (χ4v) is 6.32. The summed E-state index contributed by atoms with van der Waals surface area (Å²) in [6.45, 7) is 4.35. The van der Waals surface area contributed by atoms with Crippen LogP contribution in [0, 0.1) is 17.0 Å². The van der Waals surface area contributed by atoms with Gasteiger partial charge in [-0.1, -0.05) is 60.6 Å². The largest absolute Gasteiger partial charge is 0.353 e. The standard InChI is InChI=1S/C26H25N5O5/c1-3-14-28-19-12-8-7-11-18(19)26(25(28)33)21(24-22(31(34)35)16(2)27-36-24)23(17-9-5-4-6-10-17)29-15-13-20(32)30(26)29/h4-12,21,23H,3,13-15H2,1-2H3. The number of nitrogens with zero attached hydrogens (tertiary/aromatic N) is 5. The zero-order chi connectivity index (χ0) is 25.2. The summed E-state index contributed by atoms with van der Waals surface area (Å²) in [5.41, 5.74) is 0.541. The van der Waals surface area contributed by atoms with Crippen LogP contribution in [0.2, 0.25) is 0 Å². The van der Waals surface area contributed by atoms with Crippen LogP contribution < -0.4 is 4.90 Å². The molecule has 10 nitrogen and oxygen atoms in total. The van der Waals surface area contributed by atoms with Crippen LogP contribution >= 0.6 is 0 Å². The molecule has 1 aromatic heterocycles. The van der Waals surface area contributed by atoms with Gasteiger partial charge in [0, 0.05) is 30.8 Å². The van der Waals surface area contributed by atoms with Gasteiger partial charge in [0.1, 0.15) is 0 Å². The van der Waals surface area contributed by atoms with Crippen molar-refractivity contribution in [2.75, 3.05) is 18.0 Å². The van der Waals surface area contributed by atoms with E-state index in [-0.39, 0.29) is 35.4 Å². The highest BCUT2D eigenvalue weighted by molar-refractivity contribution is 6.11. The Morgan fingerprint density at radius 3 is 2.58 bits per heavy atom. The number of hydrogen-bond donors (Lipinski definition) is 0. The van der Waals surface area contributed by atoms with Crippen LogP contribution in [-0.2, 0) is 15.1 Å². The number of amides is 2. The Balaban J connectivity index is 1.71. The minimum absolute atomic E-state index is 0.00931. The lowest BCUT2D eigenvalue weighted by atomic mass is 9.72. The van der Waals surface area contributed by atoms with Crippen molar-refractivity contribution in [2.24, 2.45) is 0 Å². The number of carbonyl (C=O) groups excluding carboxylic acids is 2. The SMILES string of the molecule is CCCN1C(=O)C2(c3ccccc31)C(c1onc(C)c1[N+](=O)[O-])C(c1ccccc1)N1CCC(=O)N12. The molecule has 6 rings (SSSR count). The van der Waals surface area contributed by atoms with Gasteiger partial charge in [-0.15, -0.1) is 0 Å². The number of benzene rings is 2. The number of aryl methyl sites for hydroxylation is 1. The molecule has 10 heteroatoms. The Morgan fingerprint density at radius 1 is 1.14 bits per heavy atom. The van der Waals surface area contributed by atoms with E-state index in [4.69, 9.17) is 4.52 Å². The number of hydrazine groups is 1. The molecule has 3 atom stereocenters. The van der Waals surface area contributed by atoms with Gasteiger partial charge in [0.2, 0.25) is 11.7 Å². The smallest absolute Gasteiger partial charge is 0.334 e. The molecule has 3 aliphatic rings. The number of aromatic nitrogens is 1. The lowest BCUT2D eigenvalue weighted by Gasteiger charge is -2.35. The number of para-hydroxylation sites is 1. The van der Waals surface area contributed by atoms with Gasteiger partial charge in [-0.05, 0) is 25.0 Å². The van der Waals surface area contributed by atoms with E-state index in [1.54, 1.807) is 9.91 Å². The van der Waals surface area contributed by atoms with E-state index in [1.165, 1.54) is 6.92 Å². The second-order valence-electron chi connectivity index (χ2n) is 9.43. The number of fused-ring (bicyclic) bond motifs is 4. The molecule has 0 N–H and O–H groups in total. The number of carbonyl (C=O) groups is 2. The Kier molecular flexibility index (Phi) is 4.97. The van der Waals surface area contributed by atoms with Gasteiger partial charge < -0.3 is 9.42 Å². The molecule has 2 amide bonds. The molecule has 4 heterocycles. The zero-order valence-corrected chi connectivity index (χ0v) is 20.0. The molecule has 3 unspecified atom stereocenters. The molecule has 2 fully saturated rings. The second kappa shape index (κ2) is 7.99. The fourth-order valence-electron chi connectivity index (χ4n) is 6.32. The van der Waals surface area contributed by atoms with E-state index in [9.17, 15) is 19.7 Å². The van der Waals surface area contributed by atoms with E-state index >= 15 is 0 Å². The Bertz CT molecular complexity index is 1390. The van der Waals surface area contributed by atoms with Crippen molar-refractivity contribution in [2.45, 2.75) is 44.2 Å². The normalized spacial score (nSPS) is 25.2. The van der Waals surface area contributed by atoms with Crippen LogP contribution in [0.5, 0.6) is 0 Å². The molecule has 3 aliphatic heterocycles. The average molecular weight is 488 g/mol. The topological polar surface area (TPSA) is 113 Å². The number of rotatable bonds is 5. The minimum atomic E-state index is -1.53. The van der Waals surface area contributed by atoms with Crippen molar-refractivity contribution in [3.05, 3.63) is 87.3 Å². The number of hydrogen-bond acceptors (Lipinski definition) is 7. The molecule has 1 spiro atoms. The van der Waals surface area contributed by atoms with Gasteiger partial charge in [0.05, 0.1) is 16.9 Å². The summed E-state index contributed by atoms with van der Waals surface area (Å²) in [6.07, 6.45) is 0.959. The molecule has 184 valence electrons. The van der Waals surface area contributed by atoms with Crippen LogP contribution in [0.1, 0.15) is 54.3 Å². The van der Waals surface area contributed by atoms with Gasteiger partial charge in [-0.25, -0.2) is 5.01 Å². The van der Waals surface area contributed by atoms with Crippen molar-refractivity contribution in [1.29, 1.82) is 0 Å². The Morgan fingerprint density at radius 2 is 1.86 bits per heavy atom. The first-order valence-corrected chi connectivity index (χ1v) is 12.1. The molecular weight excluding hydrogens is 462 g/mol. The van der Waals surface area contributed by atoms with Crippen molar-refractivity contribution in [3.63, 3.8) is 0 Å². The van der Waals surface area contributed by atoms with Gasteiger partial charge in [-0.3, -0.25) is 24.7 Å². The van der Waals surface area contributed by atoms with Gasteiger partial charge in [-0.2, -0.15) is 0 Å². The van der Waals surface area contributed by atoms with E-state index in [0.717, 1.165) is 5.56 Å². The van der Waals surface area contributed by atoms with Crippen molar-refractivity contribution < 1.29 is 19.0 Å². The van der Waals surface area contributed by atoms with Crippen molar-refractivity contribution >= 4 is 23.2 Å². The number of anilines is 1. The summed E-state index contributed by atoms with van der Waals surface area (Å²) in [7, 11) is 0. The highest BCUT2D eigenvalue weighted by atomic mass is 16.6. The third-order valence-corrected chi connectivity index (χ3v) is 7.56. The highest BCUT2D eigenvalue weighted by Gasteiger charge is 2.73. The fraction of sp³-hybridized carbons (Fsp3) is 0.346. The predicted octanol–water partition coefficient (Wildman–Crippen LogP) is 3.83. The van der Waals surface area contributed by atoms with Crippen LogP contribution in [0.25, 0.3) is 0 Å².